The van der Waals surface area contributed by atoms with Crippen LogP contribution in [-0.4, -0.2) is 36.6 Å². The van der Waals surface area contributed by atoms with Crippen LogP contribution in [0.25, 0.3) is 0 Å². The molecule has 1 aliphatic rings. The normalized spacial score (nSPS) is 14.3. The molecule has 24 heavy (non-hydrogen) atoms. The van der Waals surface area contributed by atoms with Gasteiger partial charge in [-0.3, -0.25) is 4.79 Å². The van der Waals surface area contributed by atoms with Gasteiger partial charge in [-0.05, 0) is 48.9 Å². The van der Waals surface area contributed by atoms with Crippen molar-refractivity contribution in [3.05, 3.63) is 64.7 Å². The fourth-order valence-electron chi connectivity index (χ4n) is 2.55. The molecule has 2 aromatic rings. The molecule has 1 amide bonds. The SMILES string of the molecule is CCOc1ccc(C(=O)N2CC(OCc3ccc(Cl)cc3)C2)cc1. The first kappa shape index (κ1) is 16.8. The fraction of sp³-hybridized carbons (Fsp3) is 0.316. The maximum atomic E-state index is 12.4. The van der Waals surface area contributed by atoms with Gasteiger partial charge < -0.3 is 14.4 Å². The zero-order chi connectivity index (χ0) is 16.9. The smallest absolute Gasteiger partial charge is 0.254 e. The standard InChI is InChI=1S/C19H20ClNO3/c1-2-23-17-9-5-15(6-10-17)19(22)21-11-18(12-21)24-13-14-3-7-16(20)8-4-14/h3-10,18H,2,11-13H2,1H3. The molecular formula is C19H20ClNO3. The van der Waals surface area contributed by atoms with Crippen molar-refractivity contribution < 1.29 is 14.3 Å². The lowest BCUT2D eigenvalue weighted by molar-refractivity contribution is -0.0503. The molecule has 0 N–H and O–H groups in total. The summed E-state index contributed by atoms with van der Waals surface area (Å²) in [5, 5.41) is 0.717. The number of rotatable bonds is 6. The average molecular weight is 346 g/mol. The highest BCUT2D eigenvalue weighted by Gasteiger charge is 2.31. The summed E-state index contributed by atoms with van der Waals surface area (Å²) in [6.07, 6.45) is 0.0901. The van der Waals surface area contributed by atoms with Crippen molar-refractivity contribution in [1.82, 2.24) is 4.90 Å². The van der Waals surface area contributed by atoms with Crippen molar-refractivity contribution in [3.63, 3.8) is 0 Å². The van der Waals surface area contributed by atoms with Crippen molar-refractivity contribution in [2.75, 3.05) is 19.7 Å². The van der Waals surface area contributed by atoms with Crippen LogP contribution in [0.3, 0.4) is 0 Å². The van der Waals surface area contributed by atoms with Crippen molar-refractivity contribution in [2.24, 2.45) is 0 Å². The lowest BCUT2D eigenvalue weighted by Crippen LogP contribution is -2.54. The average Bonchev–Trinajstić information content (AvgIpc) is 2.56. The quantitative estimate of drug-likeness (QED) is 0.799. The molecule has 0 aromatic heterocycles. The van der Waals surface area contributed by atoms with E-state index in [1.165, 1.54) is 0 Å². The molecule has 0 saturated carbocycles. The first-order valence-corrected chi connectivity index (χ1v) is 8.41. The van der Waals surface area contributed by atoms with Gasteiger partial charge in [-0.1, -0.05) is 23.7 Å². The summed E-state index contributed by atoms with van der Waals surface area (Å²) < 4.78 is 11.2. The van der Waals surface area contributed by atoms with E-state index in [2.05, 4.69) is 0 Å². The number of nitrogens with zero attached hydrogens (tertiary/aromatic N) is 1. The van der Waals surface area contributed by atoms with Gasteiger partial charge in [-0.25, -0.2) is 0 Å². The molecular weight excluding hydrogens is 326 g/mol. The highest BCUT2D eigenvalue weighted by atomic mass is 35.5. The summed E-state index contributed by atoms with van der Waals surface area (Å²) >= 11 is 5.86. The van der Waals surface area contributed by atoms with Crippen molar-refractivity contribution in [3.8, 4) is 5.75 Å². The summed E-state index contributed by atoms with van der Waals surface area (Å²) in [6.45, 7) is 4.33. The Bertz CT molecular complexity index is 679. The van der Waals surface area contributed by atoms with Crippen LogP contribution in [-0.2, 0) is 11.3 Å². The third-order valence-electron chi connectivity index (χ3n) is 3.95. The summed E-state index contributed by atoms with van der Waals surface area (Å²) in [5.41, 5.74) is 1.75. The predicted molar refractivity (Wildman–Crippen MR) is 93.5 cm³/mol. The molecule has 0 bridgehead atoms. The number of ether oxygens (including phenoxy) is 2. The second kappa shape index (κ2) is 7.69. The van der Waals surface area contributed by atoms with E-state index in [9.17, 15) is 4.79 Å². The van der Waals surface area contributed by atoms with Crippen LogP contribution >= 0.6 is 11.6 Å². The van der Waals surface area contributed by atoms with Crippen LogP contribution in [0.4, 0.5) is 0 Å². The lowest BCUT2D eigenvalue weighted by Gasteiger charge is -2.39. The number of carbonyl (C=O) groups is 1. The van der Waals surface area contributed by atoms with Gasteiger partial charge in [0.25, 0.3) is 5.91 Å². The summed E-state index contributed by atoms with van der Waals surface area (Å²) in [4.78, 5) is 14.2. The highest BCUT2D eigenvalue weighted by Crippen LogP contribution is 2.20. The largest absolute Gasteiger partial charge is 0.494 e. The minimum absolute atomic E-state index is 0.0318. The molecule has 0 unspecified atom stereocenters. The monoisotopic (exact) mass is 345 g/mol. The Morgan fingerprint density at radius 2 is 1.79 bits per heavy atom. The fourth-order valence-corrected chi connectivity index (χ4v) is 2.67. The zero-order valence-electron chi connectivity index (χ0n) is 13.6. The van der Waals surface area contributed by atoms with Gasteiger partial charge in [0, 0.05) is 23.7 Å². The topological polar surface area (TPSA) is 38.8 Å². The predicted octanol–water partition coefficient (Wildman–Crippen LogP) is 3.78. The molecule has 1 fully saturated rings. The Morgan fingerprint density at radius 1 is 1.12 bits per heavy atom. The van der Waals surface area contributed by atoms with Gasteiger partial charge in [-0.15, -0.1) is 0 Å². The molecule has 0 aliphatic carbocycles. The van der Waals surface area contributed by atoms with Crippen molar-refractivity contribution >= 4 is 17.5 Å². The minimum atomic E-state index is 0.0318. The van der Waals surface area contributed by atoms with Crippen LogP contribution in [0.5, 0.6) is 5.75 Å². The Balaban J connectivity index is 1.45. The maximum absolute atomic E-state index is 12.4. The number of hydrogen-bond donors (Lipinski definition) is 0. The summed E-state index contributed by atoms with van der Waals surface area (Å²) in [7, 11) is 0. The number of likely N-dealkylation sites (tertiary alicyclic amines) is 1. The van der Waals surface area contributed by atoms with E-state index >= 15 is 0 Å². The third-order valence-corrected chi connectivity index (χ3v) is 4.20. The van der Waals surface area contributed by atoms with Crippen LogP contribution in [0.2, 0.25) is 5.02 Å². The molecule has 5 heteroatoms. The summed E-state index contributed by atoms with van der Waals surface area (Å²) in [6, 6.07) is 14.8. The number of halogens is 1. The van der Waals surface area contributed by atoms with Gasteiger partial charge in [0.05, 0.1) is 19.3 Å². The molecule has 0 spiro atoms. The maximum Gasteiger partial charge on any atom is 0.254 e. The Hall–Kier alpha value is -2.04. The van der Waals surface area contributed by atoms with Gasteiger partial charge >= 0.3 is 0 Å². The van der Waals surface area contributed by atoms with E-state index in [4.69, 9.17) is 21.1 Å². The van der Waals surface area contributed by atoms with Crippen LogP contribution in [0.1, 0.15) is 22.8 Å². The Kier molecular flexibility index (Phi) is 5.38. The molecule has 0 atom stereocenters. The van der Waals surface area contributed by atoms with Crippen molar-refractivity contribution in [2.45, 2.75) is 19.6 Å². The molecule has 1 aliphatic heterocycles. The third kappa shape index (κ3) is 4.08. The van der Waals surface area contributed by atoms with Crippen LogP contribution in [0, 0.1) is 0 Å². The van der Waals surface area contributed by atoms with E-state index in [1.54, 1.807) is 17.0 Å². The second-order valence-electron chi connectivity index (χ2n) is 5.73. The first-order valence-electron chi connectivity index (χ1n) is 8.04. The van der Waals surface area contributed by atoms with Gasteiger partial charge in [-0.2, -0.15) is 0 Å². The number of amides is 1. The Labute approximate surface area is 146 Å². The number of hydrogen-bond acceptors (Lipinski definition) is 3. The minimum Gasteiger partial charge on any atom is -0.494 e. The second-order valence-corrected chi connectivity index (χ2v) is 6.16. The van der Waals surface area contributed by atoms with Crippen molar-refractivity contribution in [1.29, 1.82) is 0 Å². The first-order chi connectivity index (χ1) is 11.7. The van der Waals surface area contributed by atoms with Gasteiger partial charge in [0.1, 0.15) is 5.75 Å². The van der Waals surface area contributed by atoms with E-state index in [0.717, 1.165) is 16.3 Å². The lowest BCUT2D eigenvalue weighted by atomic mass is 10.1. The van der Waals surface area contributed by atoms with E-state index < -0.39 is 0 Å². The Morgan fingerprint density at radius 3 is 2.42 bits per heavy atom. The zero-order valence-corrected chi connectivity index (χ0v) is 14.3. The van der Waals surface area contributed by atoms with Crippen LogP contribution < -0.4 is 4.74 Å². The molecule has 126 valence electrons. The van der Waals surface area contributed by atoms with Gasteiger partial charge in [0.15, 0.2) is 0 Å². The van der Waals surface area contributed by atoms with E-state index in [0.29, 0.717) is 31.9 Å². The van der Waals surface area contributed by atoms with E-state index in [1.807, 2.05) is 43.3 Å². The van der Waals surface area contributed by atoms with Crippen LogP contribution in [0.15, 0.2) is 48.5 Å². The summed E-state index contributed by atoms with van der Waals surface area (Å²) in [5.74, 6) is 0.811. The molecule has 1 heterocycles. The molecule has 1 saturated heterocycles. The molecule has 3 rings (SSSR count). The van der Waals surface area contributed by atoms with Gasteiger partial charge in [0.2, 0.25) is 0 Å². The number of carbonyl (C=O) groups excluding carboxylic acids is 1. The van der Waals surface area contributed by atoms with E-state index in [-0.39, 0.29) is 12.0 Å². The molecule has 2 aromatic carbocycles. The number of benzene rings is 2. The molecule has 0 radical (unpaired) electrons. The molecule has 4 nitrogen and oxygen atoms in total. The highest BCUT2D eigenvalue weighted by molar-refractivity contribution is 6.30.